The molecule has 1 fully saturated rings. The van der Waals surface area contributed by atoms with E-state index in [0.717, 1.165) is 11.3 Å². The number of aromatic nitrogens is 1. The molecule has 0 unspecified atom stereocenters. The van der Waals surface area contributed by atoms with Crippen LogP contribution in [0.5, 0.6) is 0 Å². The second-order valence-electron chi connectivity index (χ2n) is 4.71. The Balaban J connectivity index is 2.02. The molecule has 21 heavy (non-hydrogen) atoms. The summed E-state index contributed by atoms with van der Waals surface area (Å²) in [6, 6.07) is 0. The summed E-state index contributed by atoms with van der Waals surface area (Å²) in [5, 5.41) is 10.5. The van der Waals surface area contributed by atoms with Gasteiger partial charge in [-0.3, -0.25) is 9.59 Å². The Labute approximate surface area is 126 Å². The lowest BCUT2D eigenvalue weighted by molar-refractivity contribution is -0.142. The summed E-state index contributed by atoms with van der Waals surface area (Å²) in [7, 11) is -3.77. The van der Waals surface area contributed by atoms with Crippen LogP contribution in [-0.4, -0.2) is 47.7 Å². The number of rotatable bonds is 5. The summed E-state index contributed by atoms with van der Waals surface area (Å²) in [5.74, 6) is -1.63. The zero-order valence-corrected chi connectivity index (χ0v) is 12.9. The van der Waals surface area contributed by atoms with Gasteiger partial charge in [-0.2, -0.15) is 12.7 Å². The van der Waals surface area contributed by atoms with Gasteiger partial charge in [-0.25, -0.2) is 9.71 Å². The molecule has 0 amide bonds. The summed E-state index contributed by atoms with van der Waals surface area (Å²) in [6.07, 6.45) is 0.569. The van der Waals surface area contributed by atoms with E-state index in [1.807, 2.05) is 0 Å². The fraction of sp³-hybridized carbons (Fsp3) is 0.545. The second kappa shape index (κ2) is 6.08. The van der Waals surface area contributed by atoms with Crippen LogP contribution < -0.4 is 4.72 Å². The van der Waals surface area contributed by atoms with E-state index in [4.69, 9.17) is 5.11 Å². The average Bonchev–Trinajstić information content (AvgIpc) is 2.87. The normalized spacial score (nSPS) is 17.6. The first kappa shape index (κ1) is 15.9. The summed E-state index contributed by atoms with van der Waals surface area (Å²) >= 11 is 1.03. The van der Waals surface area contributed by atoms with Crippen molar-refractivity contribution < 1.29 is 23.1 Å². The molecule has 0 radical (unpaired) electrons. The van der Waals surface area contributed by atoms with Crippen molar-refractivity contribution in [3.63, 3.8) is 0 Å². The number of Topliss-reactive ketones (excluding diaryl/α,β-unsaturated/α-hetero) is 1. The molecule has 0 aliphatic carbocycles. The third-order valence-electron chi connectivity index (χ3n) is 3.22. The number of anilines is 1. The van der Waals surface area contributed by atoms with Crippen LogP contribution in [0.25, 0.3) is 0 Å². The fourth-order valence-corrected chi connectivity index (χ4v) is 4.19. The predicted octanol–water partition coefficient (Wildman–Crippen LogP) is 0.799. The largest absolute Gasteiger partial charge is 0.481 e. The Morgan fingerprint density at radius 2 is 2.05 bits per heavy atom. The van der Waals surface area contributed by atoms with Gasteiger partial charge in [-0.05, 0) is 12.8 Å². The number of piperidine rings is 1. The lowest BCUT2D eigenvalue weighted by atomic mass is 9.99. The Morgan fingerprint density at radius 1 is 1.43 bits per heavy atom. The molecule has 2 heterocycles. The van der Waals surface area contributed by atoms with Gasteiger partial charge in [0.15, 0.2) is 10.9 Å². The highest BCUT2D eigenvalue weighted by molar-refractivity contribution is 7.90. The minimum Gasteiger partial charge on any atom is -0.481 e. The predicted molar refractivity (Wildman–Crippen MR) is 76.6 cm³/mol. The molecule has 1 aromatic rings. The standard InChI is InChI=1S/C11H15N3O5S2/c1-7(15)9-6-20-11(12-9)13-21(18,19)14-4-2-8(3-5-14)10(16)17/h6,8H,2-5H2,1H3,(H,12,13)(H,16,17). The monoisotopic (exact) mass is 333 g/mol. The first-order valence-corrected chi connectivity index (χ1v) is 8.58. The van der Waals surface area contributed by atoms with Crippen molar-refractivity contribution in [3.8, 4) is 0 Å². The first-order valence-electron chi connectivity index (χ1n) is 6.27. The molecule has 0 spiro atoms. The highest BCUT2D eigenvalue weighted by atomic mass is 32.2. The van der Waals surface area contributed by atoms with Gasteiger partial charge < -0.3 is 5.11 Å². The molecule has 8 nitrogen and oxygen atoms in total. The second-order valence-corrected chi connectivity index (χ2v) is 7.24. The van der Waals surface area contributed by atoms with Gasteiger partial charge in [-0.1, -0.05) is 0 Å². The van der Waals surface area contributed by atoms with Gasteiger partial charge in [-0.15, -0.1) is 11.3 Å². The molecule has 2 rings (SSSR count). The first-order chi connectivity index (χ1) is 9.79. The third-order valence-corrected chi connectivity index (χ3v) is 5.61. The van der Waals surface area contributed by atoms with Crippen molar-refractivity contribution >= 4 is 38.4 Å². The minimum atomic E-state index is -3.77. The van der Waals surface area contributed by atoms with Crippen molar-refractivity contribution in [2.75, 3.05) is 17.8 Å². The lowest BCUT2D eigenvalue weighted by Crippen LogP contribution is -2.42. The van der Waals surface area contributed by atoms with Crippen LogP contribution in [0.4, 0.5) is 5.13 Å². The third kappa shape index (κ3) is 3.77. The van der Waals surface area contributed by atoms with E-state index < -0.39 is 22.1 Å². The number of carboxylic acid groups (broad SMARTS) is 1. The number of nitrogens with one attached hydrogen (secondary N) is 1. The summed E-state index contributed by atoms with van der Waals surface area (Å²) in [6.45, 7) is 1.65. The molecule has 0 bridgehead atoms. The van der Waals surface area contributed by atoms with Crippen molar-refractivity contribution in [1.29, 1.82) is 0 Å². The summed E-state index contributed by atoms with van der Waals surface area (Å²) in [5.41, 5.74) is 0.210. The summed E-state index contributed by atoms with van der Waals surface area (Å²) in [4.78, 5) is 25.9. The Hall–Kier alpha value is -1.52. The maximum Gasteiger partial charge on any atom is 0.306 e. The van der Waals surface area contributed by atoms with E-state index in [9.17, 15) is 18.0 Å². The lowest BCUT2D eigenvalue weighted by Gasteiger charge is -2.28. The topological polar surface area (TPSA) is 117 Å². The number of carbonyl (C=O) groups excluding carboxylic acids is 1. The van der Waals surface area contributed by atoms with Crippen molar-refractivity contribution in [2.24, 2.45) is 5.92 Å². The zero-order chi connectivity index (χ0) is 15.6. The number of hydrogen-bond donors (Lipinski definition) is 2. The number of thiazole rings is 1. The smallest absolute Gasteiger partial charge is 0.306 e. The van der Waals surface area contributed by atoms with Crippen LogP contribution >= 0.6 is 11.3 Å². The quantitative estimate of drug-likeness (QED) is 0.770. The van der Waals surface area contributed by atoms with Crippen molar-refractivity contribution in [1.82, 2.24) is 9.29 Å². The van der Waals surface area contributed by atoms with Gasteiger partial charge in [0.2, 0.25) is 0 Å². The zero-order valence-electron chi connectivity index (χ0n) is 11.3. The molecule has 1 aliphatic heterocycles. The number of nitrogens with zero attached hydrogens (tertiary/aromatic N) is 2. The molecule has 0 atom stereocenters. The van der Waals surface area contributed by atoms with Crippen molar-refractivity contribution in [2.45, 2.75) is 19.8 Å². The van der Waals surface area contributed by atoms with Gasteiger partial charge >= 0.3 is 16.2 Å². The Kier molecular flexibility index (Phi) is 4.59. The maximum absolute atomic E-state index is 12.2. The molecule has 0 saturated carbocycles. The number of ketones is 1. The molecular formula is C11H15N3O5S2. The molecular weight excluding hydrogens is 318 g/mol. The van der Waals surface area contributed by atoms with Crippen LogP contribution in [0.1, 0.15) is 30.3 Å². The van der Waals surface area contributed by atoms with E-state index in [-0.39, 0.29) is 42.5 Å². The molecule has 2 N–H and O–H groups in total. The highest BCUT2D eigenvalue weighted by Crippen LogP contribution is 2.22. The van der Waals surface area contributed by atoms with Crippen molar-refractivity contribution in [3.05, 3.63) is 11.1 Å². The molecule has 116 valence electrons. The van der Waals surface area contributed by atoms with Crippen LogP contribution in [-0.2, 0) is 15.0 Å². The van der Waals surface area contributed by atoms with E-state index in [0.29, 0.717) is 0 Å². The van der Waals surface area contributed by atoms with E-state index in [2.05, 4.69) is 9.71 Å². The SMILES string of the molecule is CC(=O)c1csc(NS(=O)(=O)N2CCC(C(=O)O)CC2)n1. The molecule has 1 saturated heterocycles. The Morgan fingerprint density at radius 3 is 2.52 bits per heavy atom. The number of aliphatic carboxylic acids is 1. The molecule has 1 aliphatic rings. The van der Waals surface area contributed by atoms with Gasteiger partial charge in [0.05, 0.1) is 5.92 Å². The van der Waals surface area contributed by atoms with E-state index in [1.165, 1.54) is 16.6 Å². The number of carboxylic acids is 1. The van der Waals surface area contributed by atoms with E-state index >= 15 is 0 Å². The highest BCUT2D eigenvalue weighted by Gasteiger charge is 2.31. The number of hydrogen-bond acceptors (Lipinski definition) is 6. The molecule has 10 heteroatoms. The minimum absolute atomic E-state index is 0.126. The number of carbonyl (C=O) groups is 2. The van der Waals surface area contributed by atoms with Crippen LogP contribution in [0.3, 0.4) is 0 Å². The van der Waals surface area contributed by atoms with Gasteiger partial charge in [0.1, 0.15) is 5.69 Å². The van der Waals surface area contributed by atoms with E-state index in [1.54, 1.807) is 0 Å². The van der Waals surface area contributed by atoms with Gasteiger partial charge in [0.25, 0.3) is 0 Å². The average molecular weight is 333 g/mol. The summed E-state index contributed by atoms with van der Waals surface area (Å²) < 4.78 is 27.8. The Bertz CT molecular complexity index is 647. The van der Waals surface area contributed by atoms with Crippen LogP contribution in [0.15, 0.2) is 5.38 Å². The molecule has 1 aromatic heterocycles. The fourth-order valence-electron chi connectivity index (χ4n) is 2.00. The van der Waals surface area contributed by atoms with Crippen LogP contribution in [0, 0.1) is 5.92 Å². The van der Waals surface area contributed by atoms with Crippen LogP contribution in [0.2, 0.25) is 0 Å². The molecule has 0 aromatic carbocycles. The maximum atomic E-state index is 12.2. The van der Waals surface area contributed by atoms with Gasteiger partial charge in [0, 0.05) is 25.4 Å².